The number of hydrogen-bond donors (Lipinski definition) is 1. The van der Waals surface area contributed by atoms with E-state index in [2.05, 4.69) is 50.9 Å². The summed E-state index contributed by atoms with van der Waals surface area (Å²) in [6.07, 6.45) is 4.83. The van der Waals surface area contributed by atoms with Crippen LogP contribution >= 0.6 is 0 Å². The molecule has 1 aliphatic carbocycles. The highest BCUT2D eigenvalue weighted by atomic mass is 15.1. The summed E-state index contributed by atoms with van der Waals surface area (Å²) in [6, 6.07) is 7.77. The predicted molar refractivity (Wildman–Crippen MR) is 83.7 cm³/mol. The molecule has 1 saturated carbocycles. The van der Waals surface area contributed by atoms with Gasteiger partial charge in [0.1, 0.15) is 0 Å². The average molecular weight is 260 g/mol. The van der Waals surface area contributed by atoms with Gasteiger partial charge >= 0.3 is 0 Å². The molecule has 0 bridgehead atoms. The number of nitrogens with zero attached hydrogens (tertiary/aromatic N) is 1. The molecule has 1 aromatic carbocycles. The SMILES string of the molecule is CCC(N)Cc1ccc(N(C)C(C)C2CC2)cc1C. The van der Waals surface area contributed by atoms with Crippen LogP contribution in [0, 0.1) is 12.8 Å². The molecule has 19 heavy (non-hydrogen) atoms. The van der Waals surface area contributed by atoms with Gasteiger partial charge < -0.3 is 10.6 Å². The second-order valence-electron chi connectivity index (χ2n) is 6.17. The van der Waals surface area contributed by atoms with E-state index in [4.69, 9.17) is 5.73 Å². The molecule has 0 heterocycles. The van der Waals surface area contributed by atoms with E-state index < -0.39 is 0 Å². The molecule has 2 rings (SSSR count). The fourth-order valence-corrected chi connectivity index (χ4v) is 2.69. The lowest BCUT2D eigenvalue weighted by Crippen LogP contribution is -2.30. The Morgan fingerprint density at radius 3 is 2.58 bits per heavy atom. The molecule has 0 aliphatic heterocycles. The highest BCUT2D eigenvalue weighted by Gasteiger charge is 2.30. The van der Waals surface area contributed by atoms with Crippen LogP contribution in [0.1, 0.15) is 44.2 Å². The number of rotatable bonds is 6. The minimum atomic E-state index is 0.285. The molecule has 2 atom stereocenters. The zero-order valence-electron chi connectivity index (χ0n) is 12.8. The molecule has 0 aromatic heterocycles. The Morgan fingerprint density at radius 2 is 2.05 bits per heavy atom. The molecule has 2 heteroatoms. The van der Waals surface area contributed by atoms with Crippen molar-refractivity contribution < 1.29 is 0 Å². The molecular weight excluding hydrogens is 232 g/mol. The third-order valence-corrected chi connectivity index (χ3v) is 4.66. The van der Waals surface area contributed by atoms with Crippen LogP contribution in [0.5, 0.6) is 0 Å². The summed E-state index contributed by atoms with van der Waals surface area (Å²) >= 11 is 0. The highest BCUT2D eigenvalue weighted by molar-refractivity contribution is 5.51. The lowest BCUT2D eigenvalue weighted by molar-refractivity contribution is 0.608. The third kappa shape index (κ3) is 3.50. The van der Waals surface area contributed by atoms with Crippen molar-refractivity contribution in [2.24, 2.45) is 11.7 Å². The van der Waals surface area contributed by atoms with Crippen molar-refractivity contribution in [3.05, 3.63) is 29.3 Å². The van der Waals surface area contributed by atoms with Crippen LogP contribution in [-0.4, -0.2) is 19.1 Å². The van der Waals surface area contributed by atoms with Crippen LogP contribution in [0.2, 0.25) is 0 Å². The summed E-state index contributed by atoms with van der Waals surface area (Å²) in [6.45, 7) is 6.70. The Kier molecular flexibility index (Phi) is 4.51. The van der Waals surface area contributed by atoms with Gasteiger partial charge in [-0.2, -0.15) is 0 Å². The average Bonchev–Trinajstić information content (AvgIpc) is 3.23. The Hall–Kier alpha value is -1.02. The van der Waals surface area contributed by atoms with Gasteiger partial charge in [-0.3, -0.25) is 0 Å². The summed E-state index contributed by atoms with van der Waals surface area (Å²) in [5.74, 6) is 0.901. The van der Waals surface area contributed by atoms with Crippen LogP contribution in [0.25, 0.3) is 0 Å². The fraction of sp³-hybridized carbons (Fsp3) is 0.647. The van der Waals surface area contributed by atoms with Gasteiger partial charge in [0, 0.05) is 24.8 Å². The van der Waals surface area contributed by atoms with Gasteiger partial charge in [0.2, 0.25) is 0 Å². The molecule has 2 unspecified atom stereocenters. The van der Waals surface area contributed by atoms with Crippen molar-refractivity contribution in [3.63, 3.8) is 0 Å². The van der Waals surface area contributed by atoms with Crippen molar-refractivity contribution >= 4 is 5.69 Å². The van der Waals surface area contributed by atoms with E-state index >= 15 is 0 Å². The molecule has 1 aliphatic rings. The van der Waals surface area contributed by atoms with Crippen LogP contribution < -0.4 is 10.6 Å². The maximum atomic E-state index is 6.06. The van der Waals surface area contributed by atoms with E-state index in [1.165, 1.54) is 29.7 Å². The lowest BCUT2D eigenvalue weighted by Gasteiger charge is -2.28. The van der Waals surface area contributed by atoms with Crippen LogP contribution in [0.15, 0.2) is 18.2 Å². The van der Waals surface area contributed by atoms with E-state index in [1.807, 2.05) is 0 Å². The topological polar surface area (TPSA) is 29.3 Å². The zero-order chi connectivity index (χ0) is 14.0. The number of aryl methyl sites for hydroxylation is 1. The summed E-state index contributed by atoms with van der Waals surface area (Å²) < 4.78 is 0. The van der Waals surface area contributed by atoms with E-state index in [-0.39, 0.29) is 6.04 Å². The van der Waals surface area contributed by atoms with Crippen LogP contribution in [0.3, 0.4) is 0 Å². The van der Waals surface area contributed by atoms with E-state index in [0.717, 1.165) is 18.8 Å². The van der Waals surface area contributed by atoms with Gasteiger partial charge in [-0.1, -0.05) is 13.0 Å². The molecule has 106 valence electrons. The van der Waals surface area contributed by atoms with Crippen LogP contribution in [-0.2, 0) is 6.42 Å². The quantitative estimate of drug-likeness (QED) is 0.848. The maximum Gasteiger partial charge on any atom is 0.0368 e. The zero-order valence-corrected chi connectivity index (χ0v) is 12.8. The summed E-state index contributed by atoms with van der Waals surface area (Å²) in [4.78, 5) is 2.42. The molecule has 2 N–H and O–H groups in total. The predicted octanol–water partition coefficient (Wildman–Crippen LogP) is 3.51. The molecule has 1 aromatic rings. The van der Waals surface area contributed by atoms with Gasteiger partial charge in [0.05, 0.1) is 0 Å². The first-order valence-corrected chi connectivity index (χ1v) is 7.60. The first-order valence-electron chi connectivity index (χ1n) is 7.60. The van der Waals surface area contributed by atoms with E-state index in [9.17, 15) is 0 Å². The molecule has 0 spiro atoms. The molecule has 0 radical (unpaired) electrons. The monoisotopic (exact) mass is 260 g/mol. The van der Waals surface area contributed by atoms with Crippen molar-refractivity contribution in [3.8, 4) is 0 Å². The van der Waals surface area contributed by atoms with Gasteiger partial charge in [0.15, 0.2) is 0 Å². The van der Waals surface area contributed by atoms with Gasteiger partial charge in [-0.25, -0.2) is 0 Å². The smallest absolute Gasteiger partial charge is 0.0368 e. The molecule has 0 saturated heterocycles. The second kappa shape index (κ2) is 5.96. The maximum absolute atomic E-state index is 6.06. The number of anilines is 1. The Morgan fingerprint density at radius 1 is 1.37 bits per heavy atom. The summed E-state index contributed by atoms with van der Waals surface area (Å²) in [7, 11) is 2.22. The lowest BCUT2D eigenvalue weighted by atomic mass is 9.99. The number of hydrogen-bond acceptors (Lipinski definition) is 2. The van der Waals surface area contributed by atoms with Crippen LogP contribution in [0.4, 0.5) is 5.69 Å². The molecular formula is C17H28N2. The molecule has 1 fully saturated rings. The largest absolute Gasteiger partial charge is 0.372 e. The third-order valence-electron chi connectivity index (χ3n) is 4.66. The van der Waals surface area contributed by atoms with E-state index in [0.29, 0.717) is 6.04 Å². The molecule has 2 nitrogen and oxygen atoms in total. The van der Waals surface area contributed by atoms with Gasteiger partial charge in [-0.05, 0) is 68.7 Å². The normalized spacial score (nSPS) is 18.2. The van der Waals surface area contributed by atoms with Crippen molar-refractivity contribution in [1.29, 1.82) is 0 Å². The number of benzene rings is 1. The minimum Gasteiger partial charge on any atom is -0.372 e. The first-order chi connectivity index (χ1) is 9.02. The van der Waals surface area contributed by atoms with Gasteiger partial charge in [-0.15, -0.1) is 0 Å². The Labute approximate surface area is 118 Å². The van der Waals surface area contributed by atoms with Crippen molar-refractivity contribution in [1.82, 2.24) is 0 Å². The fourth-order valence-electron chi connectivity index (χ4n) is 2.69. The minimum absolute atomic E-state index is 0.285. The standard InChI is InChI=1S/C17H28N2/c1-5-16(18)11-15-8-9-17(10-12(15)2)19(4)13(3)14-6-7-14/h8-10,13-14,16H,5-7,11,18H2,1-4H3. The molecule has 0 amide bonds. The Bertz CT molecular complexity index is 423. The van der Waals surface area contributed by atoms with Crippen molar-refractivity contribution in [2.45, 2.75) is 58.5 Å². The Balaban J connectivity index is 2.09. The van der Waals surface area contributed by atoms with Crippen molar-refractivity contribution in [2.75, 3.05) is 11.9 Å². The highest BCUT2D eigenvalue weighted by Crippen LogP contribution is 2.36. The summed E-state index contributed by atoms with van der Waals surface area (Å²) in [5, 5.41) is 0. The number of nitrogens with two attached hydrogens (primary N) is 1. The summed E-state index contributed by atoms with van der Waals surface area (Å²) in [5.41, 5.74) is 10.2. The first kappa shape index (κ1) is 14.4. The van der Waals surface area contributed by atoms with Gasteiger partial charge in [0.25, 0.3) is 0 Å². The second-order valence-corrected chi connectivity index (χ2v) is 6.17. The van der Waals surface area contributed by atoms with E-state index in [1.54, 1.807) is 0 Å².